The molecule has 0 spiro atoms. The highest BCUT2D eigenvalue weighted by atomic mass is 16.5. The number of benzene rings is 1. The maximum atomic E-state index is 13.0. The Morgan fingerprint density at radius 2 is 1.98 bits per heavy atom. The van der Waals surface area contributed by atoms with E-state index in [0.29, 0.717) is 5.82 Å². The van der Waals surface area contributed by atoms with Crippen LogP contribution in [0, 0.1) is 13.8 Å². The SMILES string of the molecule is Cc1nn(C(C)C)c(C)c1-c1nc2c(-c3ccc4c(c3)CCCC4NC(=O)c3nc(C(C)(C)C)no3)ccnc2[nH]1. The van der Waals surface area contributed by atoms with E-state index in [2.05, 4.69) is 64.4 Å². The predicted octanol–water partition coefficient (Wildman–Crippen LogP) is 6.17. The molecule has 10 nitrogen and oxygen atoms in total. The Morgan fingerprint density at radius 1 is 1.17 bits per heavy atom. The molecule has 2 N–H and O–H groups in total. The van der Waals surface area contributed by atoms with Crippen molar-refractivity contribution in [1.82, 2.24) is 40.2 Å². The van der Waals surface area contributed by atoms with E-state index in [9.17, 15) is 4.79 Å². The first-order chi connectivity index (χ1) is 19.5. The van der Waals surface area contributed by atoms with Gasteiger partial charge in [0.15, 0.2) is 11.5 Å². The number of imidazole rings is 1. The van der Waals surface area contributed by atoms with E-state index in [1.54, 1.807) is 0 Å². The molecule has 0 saturated heterocycles. The number of hydrogen-bond donors (Lipinski definition) is 2. The molecule has 1 unspecified atom stereocenters. The van der Waals surface area contributed by atoms with E-state index in [1.807, 2.05) is 44.6 Å². The summed E-state index contributed by atoms with van der Waals surface area (Å²) in [6.45, 7) is 14.3. The zero-order chi connectivity index (χ0) is 29.1. The van der Waals surface area contributed by atoms with Crippen LogP contribution in [0.5, 0.6) is 0 Å². The van der Waals surface area contributed by atoms with Gasteiger partial charge in [0.2, 0.25) is 0 Å². The van der Waals surface area contributed by atoms with Gasteiger partial charge in [-0.3, -0.25) is 9.48 Å². The molecular weight excluding hydrogens is 516 g/mol. The van der Waals surface area contributed by atoms with Gasteiger partial charge >= 0.3 is 11.8 Å². The molecule has 0 fully saturated rings. The topological polar surface area (TPSA) is 127 Å². The number of aromatic amines is 1. The number of pyridine rings is 1. The molecule has 0 aliphatic heterocycles. The van der Waals surface area contributed by atoms with E-state index < -0.39 is 0 Å². The van der Waals surface area contributed by atoms with Crippen LogP contribution in [0.15, 0.2) is 35.0 Å². The quantitative estimate of drug-likeness (QED) is 0.267. The van der Waals surface area contributed by atoms with Crippen molar-refractivity contribution < 1.29 is 9.32 Å². The minimum atomic E-state index is -0.346. The maximum Gasteiger partial charge on any atom is 0.315 e. The van der Waals surface area contributed by atoms with Gasteiger partial charge < -0.3 is 14.8 Å². The number of aromatic nitrogens is 7. The first-order valence-corrected chi connectivity index (χ1v) is 14.2. The summed E-state index contributed by atoms with van der Waals surface area (Å²) in [4.78, 5) is 30.3. The van der Waals surface area contributed by atoms with Crippen molar-refractivity contribution in [3.05, 3.63) is 64.7 Å². The lowest BCUT2D eigenvalue weighted by Gasteiger charge is -2.26. The first kappa shape index (κ1) is 26.9. The molecule has 0 saturated carbocycles. The van der Waals surface area contributed by atoms with Crippen molar-refractivity contribution in [3.63, 3.8) is 0 Å². The third kappa shape index (κ3) is 4.81. The number of nitrogens with zero attached hydrogens (tertiary/aromatic N) is 6. The van der Waals surface area contributed by atoms with E-state index >= 15 is 0 Å². The van der Waals surface area contributed by atoms with Gasteiger partial charge in [-0.15, -0.1) is 0 Å². The second-order valence-corrected chi connectivity index (χ2v) is 12.2. The molecule has 5 aromatic rings. The lowest BCUT2D eigenvalue weighted by molar-refractivity contribution is 0.0888. The molecule has 1 aliphatic carbocycles. The Bertz CT molecular complexity index is 1770. The van der Waals surface area contributed by atoms with Crippen LogP contribution in [0.2, 0.25) is 0 Å². The number of carbonyl (C=O) groups excluding carboxylic acids is 1. The molecule has 6 rings (SSSR count). The molecule has 1 aliphatic rings. The number of hydrogen-bond acceptors (Lipinski definition) is 7. The maximum absolute atomic E-state index is 13.0. The highest BCUT2D eigenvalue weighted by molar-refractivity contribution is 5.92. The monoisotopic (exact) mass is 552 g/mol. The number of amides is 1. The first-order valence-electron chi connectivity index (χ1n) is 14.2. The van der Waals surface area contributed by atoms with Gasteiger partial charge in [0.1, 0.15) is 11.3 Å². The van der Waals surface area contributed by atoms with Crippen LogP contribution in [0.25, 0.3) is 33.7 Å². The smallest absolute Gasteiger partial charge is 0.315 e. The molecule has 1 amide bonds. The van der Waals surface area contributed by atoms with Crippen molar-refractivity contribution in [2.75, 3.05) is 0 Å². The summed E-state index contributed by atoms with van der Waals surface area (Å²) in [5, 5.41) is 11.8. The Balaban J connectivity index is 1.31. The molecule has 212 valence electrons. The Hall–Kier alpha value is -4.34. The van der Waals surface area contributed by atoms with Crippen LogP contribution in [-0.2, 0) is 11.8 Å². The summed E-state index contributed by atoms with van der Waals surface area (Å²) >= 11 is 0. The van der Waals surface area contributed by atoms with E-state index in [1.165, 1.54) is 5.56 Å². The van der Waals surface area contributed by atoms with Crippen LogP contribution in [0.3, 0.4) is 0 Å². The highest BCUT2D eigenvalue weighted by Crippen LogP contribution is 2.36. The van der Waals surface area contributed by atoms with Gasteiger partial charge in [-0.2, -0.15) is 10.1 Å². The van der Waals surface area contributed by atoms with Gasteiger partial charge in [-0.05, 0) is 69.7 Å². The molecule has 1 atom stereocenters. The summed E-state index contributed by atoms with van der Waals surface area (Å²) in [7, 11) is 0. The normalized spacial score (nSPS) is 15.5. The second-order valence-electron chi connectivity index (χ2n) is 12.2. The predicted molar refractivity (Wildman–Crippen MR) is 157 cm³/mol. The molecule has 0 bridgehead atoms. The average Bonchev–Trinajstić information content (AvgIpc) is 3.65. The van der Waals surface area contributed by atoms with Crippen LogP contribution < -0.4 is 5.32 Å². The number of rotatable bonds is 5. The molecule has 4 heterocycles. The fourth-order valence-corrected chi connectivity index (χ4v) is 5.74. The van der Waals surface area contributed by atoms with Crippen molar-refractivity contribution >= 4 is 17.1 Å². The van der Waals surface area contributed by atoms with Crippen molar-refractivity contribution in [1.29, 1.82) is 0 Å². The van der Waals surface area contributed by atoms with Crippen molar-refractivity contribution in [2.45, 2.75) is 85.2 Å². The minimum Gasteiger partial charge on any atom is -0.341 e. The zero-order valence-corrected chi connectivity index (χ0v) is 24.7. The average molecular weight is 553 g/mol. The largest absolute Gasteiger partial charge is 0.341 e. The standard InChI is InChI=1S/C31H36N8O2/c1-16(2)39-18(4)24(17(3)37-39)26-34-25-22(13-14-32-27(25)35-26)20-11-12-21-19(15-20)9-8-10-23(21)33-28(40)29-36-30(38-41-29)31(5,6)7/h11-16,23H,8-10H2,1-7H3,(H,33,40)(H,32,34,35). The fourth-order valence-electron chi connectivity index (χ4n) is 5.74. The van der Waals surface area contributed by atoms with Crippen LogP contribution in [-0.4, -0.2) is 40.8 Å². The number of aryl methyl sites for hydroxylation is 2. The minimum absolute atomic E-state index is 0.00315. The molecule has 4 aromatic heterocycles. The number of carbonyl (C=O) groups is 1. The lowest BCUT2D eigenvalue weighted by atomic mass is 9.85. The molecule has 0 radical (unpaired) electrons. The number of H-pyrrole nitrogens is 1. The van der Waals surface area contributed by atoms with Gasteiger partial charge in [-0.1, -0.05) is 44.1 Å². The third-order valence-corrected chi connectivity index (χ3v) is 7.80. The third-order valence-electron chi connectivity index (χ3n) is 7.80. The van der Waals surface area contributed by atoms with Gasteiger partial charge in [0.05, 0.1) is 17.3 Å². The van der Waals surface area contributed by atoms with Crippen LogP contribution in [0.1, 0.15) is 98.6 Å². The number of nitrogens with one attached hydrogen (secondary N) is 2. The van der Waals surface area contributed by atoms with Gasteiger partial charge in [0, 0.05) is 28.9 Å². The van der Waals surface area contributed by atoms with Crippen LogP contribution in [0.4, 0.5) is 0 Å². The summed E-state index contributed by atoms with van der Waals surface area (Å²) in [6.07, 6.45) is 4.57. The van der Waals surface area contributed by atoms with Crippen molar-refractivity contribution in [3.8, 4) is 22.5 Å². The van der Waals surface area contributed by atoms with Gasteiger partial charge in [-0.25, -0.2) is 9.97 Å². The van der Waals surface area contributed by atoms with E-state index in [-0.39, 0.29) is 29.3 Å². The Labute approximate surface area is 239 Å². The fraction of sp³-hybridized carbons (Fsp3) is 0.419. The summed E-state index contributed by atoms with van der Waals surface area (Å²) in [5.74, 6) is 0.941. The molecule has 10 heteroatoms. The van der Waals surface area contributed by atoms with Crippen molar-refractivity contribution in [2.24, 2.45) is 0 Å². The molecular formula is C31H36N8O2. The Kier molecular flexibility index (Phi) is 6.51. The van der Waals surface area contributed by atoms with E-state index in [4.69, 9.17) is 14.6 Å². The lowest BCUT2D eigenvalue weighted by Crippen LogP contribution is -2.31. The highest BCUT2D eigenvalue weighted by Gasteiger charge is 2.28. The molecule has 1 aromatic carbocycles. The van der Waals surface area contributed by atoms with Gasteiger partial charge in [0.25, 0.3) is 0 Å². The van der Waals surface area contributed by atoms with E-state index in [0.717, 1.165) is 69.9 Å². The number of fused-ring (bicyclic) bond motifs is 2. The van der Waals surface area contributed by atoms with Crippen LogP contribution >= 0.6 is 0 Å². The zero-order valence-electron chi connectivity index (χ0n) is 24.7. The Morgan fingerprint density at radius 3 is 2.68 bits per heavy atom. The summed E-state index contributed by atoms with van der Waals surface area (Å²) in [6, 6.07) is 8.58. The molecule has 41 heavy (non-hydrogen) atoms. The summed E-state index contributed by atoms with van der Waals surface area (Å²) in [5.41, 5.74) is 8.71. The summed E-state index contributed by atoms with van der Waals surface area (Å²) < 4.78 is 7.30. The second kappa shape index (κ2) is 9.94.